The first-order valence-corrected chi connectivity index (χ1v) is 7.90. The van der Waals surface area contributed by atoms with E-state index in [4.69, 9.17) is 0 Å². The molecule has 0 bridgehead atoms. The van der Waals surface area contributed by atoms with Crippen LogP contribution >= 0.6 is 11.8 Å². The first kappa shape index (κ1) is 17.4. The number of nitrogens with one attached hydrogen (secondary N) is 2. The van der Waals surface area contributed by atoms with Gasteiger partial charge in [0.15, 0.2) is 11.6 Å². The molecule has 5 nitrogen and oxygen atoms in total. The average Bonchev–Trinajstić information content (AvgIpc) is 2.91. The molecule has 0 saturated carbocycles. The van der Waals surface area contributed by atoms with Gasteiger partial charge < -0.3 is 5.32 Å². The van der Waals surface area contributed by atoms with Gasteiger partial charge in [0.25, 0.3) is 0 Å². The van der Waals surface area contributed by atoms with E-state index in [1.807, 2.05) is 20.8 Å². The van der Waals surface area contributed by atoms with Crippen molar-refractivity contribution in [2.24, 2.45) is 0 Å². The number of nitrogens with zero attached hydrogens (tertiary/aromatic N) is 2. The molecule has 124 valence electrons. The second-order valence-electron chi connectivity index (χ2n) is 6.09. The number of aromatic amines is 1. The fourth-order valence-electron chi connectivity index (χ4n) is 1.66. The highest BCUT2D eigenvalue weighted by atomic mass is 32.2. The maximum Gasteiger partial charge on any atom is 0.237 e. The number of thioether (sulfide) groups is 1. The van der Waals surface area contributed by atoms with Gasteiger partial charge >= 0.3 is 0 Å². The number of rotatable bonds is 4. The summed E-state index contributed by atoms with van der Waals surface area (Å²) < 4.78 is 26.0. The number of H-pyrrole nitrogens is 1. The van der Waals surface area contributed by atoms with Crippen LogP contribution < -0.4 is 5.32 Å². The third-order valence-electron chi connectivity index (χ3n) is 3.01. The van der Waals surface area contributed by atoms with Crippen molar-refractivity contribution in [3.05, 3.63) is 35.7 Å². The summed E-state index contributed by atoms with van der Waals surface area (Å²) in [5.41, 5.74) is 0.0369. The molecule has 23 heavy (non-hydrogen) atoms. The number of halogens is 2. The highest BCUT2D eigenvalue weighted by Crippen LogP contribution is 2.24. The number of anilines is 1. The molecule has 8 heteroatoms. The van der Waals surface area contributed by atoms with Crippen molar-refractivity contribution >= 4 is 23.4 Å². The van der Waals surface area contributed by atoms with Crippen molar-refractivity contribution in [3.63, 3.8) is 0 Å². The molecule has 1 atom stereocenters. The molecule has 2 rings (SSSR count). The highest BCUT2D eigenvalue weighted by molar-refractivity contribution is 8.00. The Morgan fingerprint density at radius 1 is 1.30 bits per heavy atom. The van der Waals surface area contributed by atoms with Crippen molar-refractivity contribution < 1.29 is 13.6 Å². The van der Waals surface area contributed by atoms with Crippen LogP contribution in [0.15, 0.2) is 23.4 Å². The van der Waals surface area contributed by atoms with Gasteiger partial charge in [-0.05, 0) is 19.1 Å². The molecule has 0 aliphatic rings. The van der Waals surface area contributed by atoms with Gasteiger partial charge in [-0.3, -0.25) is 9.89 Å². The van der Waals surface area contributed by atoms with E-state index in [9.17, 15) is 13.6 Å². The number of benzene rings is 1. The molecule has 2 N–H and O–H groups in total. The Bertz CT molecular complexity index is 712. The Labute approximate surface area is 137 Å². The largest absolute Gasteiger partial charge is 0.325 e. The van der Waals surface area contributed by atoms with Gasteiger partial charge in [0, 0.05) is 17.2 Å². The molecule has 2 aromatic rings. The monoisotopic (exact) mass is 340 g/mol. The number of carbonyl (C=O) groups is 1. The SMILES string of the molecule is CC(Sc1n[nH]c(C(C)(C)C)n1)C(=O)Nc1ccc(F)c(F)c1. The number of aromatic nitrogens is 3. The molecule has 0 saturated heterocycles. The molecular weight excluding hydrogens is 322 g/mol. The van der Waals surface area contributed by atoms with Gasteiger partial charge in [0.2, 0.25) is 11.1 Å². The molecule has 0 aliphatic carbocycles. The van der Waals surface area contributed by atoms with Crippen LogP contribution in [0.4, 0.5) is 14.5 Å². The first-order chi connectivity index (χ1) is 10.7. The third kappa shape index (κ3) is 4.51. The minimum atomic E-state index is -1.01. The van der Waals surface area contributed by atoms with Crippen LogP contribution in [-0.4, -0.2) is 26.3 Å². The lowest BCUT2D eigenvalue weighted by Gasteiger charge is -2.13. The molecule has 1 unspecified atom stereocenters. The van der Waals surface area contributed by atoms with Crippen LogP contribution in [0.5, 0.6) is 0 Å². The lowest BCUT2D eigenvalue weighted by atomic mass is 9.96. The first-order valence-electron chi connectivity index (χ1n) is 7.02. The molecule has 0 aliphatic heterocycles. The van der Waals surface area contributed by atoms with E-state index in [0.29, 0.717) is 5.16 Å². The third-order valence-corrected chi connectivity index (χ3v) is 3.97. The fourth-order valence-corrected chi connectivity index (χ4v) is 2.39. The molecule has 1 aromatic carbocycles. The van der Waals surface area contributed by atoms with Crippen molar-refractivity contribution in [2.75, 3.05) is 5.32 Å². The predicted molar refractivity (Wildman–Crippen MR) is 85.4 cm³/mol. The lowest BCUT2D eigenvalue weighted by molar-refractivity contribution is -0.115. The molecule has 1 heterocycles. The Kier molecular flexibility index (Phi) is 5.03. The molecule has 1 aromatic heterocycles. The Balaban J connectivity index is 1.99. The van der Waals surface area contributed by atoms with E-state index >= 15 is 0 Å². The van der Waals surface area contributed by atoms with Crippen LogP contribution in [-0.2, 0) is 10.2 Å². The zero-order valence-electron chi connectivity index (χ0n) is 13.3. The van der Waals surface area contributed by atoms with E-state index in [-0.39, 0.29) is 17.0 Å². The van der Waals surface area contributed by atoms with Gasteiger partial charge in [-0.25, -0.2) is 13.8 Å². The summed E-state index contributed by atoms with van der Waals surface area (Å²) in [5.74, 6) is -1.58. The molecule has 1 amide bonds. The van der Waals surface area contributed by atoms with Crippen LogP contribution in [0.25, 0.3) is 0 Å². The Morgan fingerprint density at radius 3 is 2.57 bits per heavy atom. The summed E-state index contributed by atoms with van der Waals surface area (Å²) in [6.45, 7) is 7.69. The van der Waals surface area contributed by atoms with Gasteiger partial charge in [-0.2, -0.15) is 0 Å². The maximum absolute atomic E-state index is 13.1. The highest BCUT2D eigenvalue weighted by Gasteiger charge is 2.22. The summed E-state index contributed by atoms with van der Waals surface area (Å²) in [6, 6.07) is 3.21. The molecule has 0 fully saturated rings. The second-order valence-corrected chi connectivity index (χ2v) is 7.40. The van der Waals surface area contributed by atoms with E-state index in [0.717, 1.165) is 18.0 Å². The summed E-state index contributed by atoms with van der Waals surface area (Å²) in [7, 11) is 0. The van der Waals surface area contributed by atoms with E-state index in [1.165, 1.54) is 17.8 Å². The van der Waals surface area contributed by atoms with Crippen LogP contribution in [0, 0.1) is 11.6 Å². The summed E-state index contributed by atoms with van der Waals surface area (Å²) in [4.78, 5) is 16.4. The smallest absolute Gasteiger partial charge is 0.237 e. The minimum absolute atomic E-state index is 0.164. The Morgan fingerprint density at radius 2 is 2.00 bits per heavy atom. The fraction of sp³-hybridized carbons (Fsp3) is 0.400. The van der Waals surface area contributed by atoms with Crippen LogP contribution in [0.3, 0.4) is 0 Å². The van der Waals surface area contributed by atoms with Crippen molar-refractivity contribution in [2.45, 2.75) is 43.5 Å². The molecular formula is C15H18F2N4OS. The van der Waals surface area contributed by atoms with Gasteiger partial charge in [0.05, 0.1) is 5.25 Å². The predicted octanol–water partition coefficient (Wildman–Crippen LogP) is 3.50. The van der Waals surface area contributed by atoms with Gasteiger partial charge in [0.1, 0.15) is 5.82 Å². The van der Waals surface area contributed by atoms with E-state index < -0.39 is 16.9 Å². The number of carbonyl (C=O) groups excluding carboxylic acids is 1. The number of hydrogen-bond donors (Lipinski definition) is 2. The Hall–Kier alpha value is -1.96. The maximum atomic E-state index is 13.1. The van der Waals surface area contributed by atoms with Crippen LogP contribution in [0.1, 0.15) is 33.5 Å². The number of amides is 1. The summed E-state index contributed by atoms with van der Waals surface area (Å²) in [5, 5.41) is 9.43. The van der Waals surface area contributed by atoms with Gasteiger partial charge in [-0.1, -0.05) is 32.5 Å². The van der Waals surface area contributed by atoms with Crippen LogP contribution in [0.2, 0.25) is 0 Å². The minimum Gasteiger partial charge on any atom is -0.325 e. The normalized spacial score (nSPS) is 13.0. The van der Waals surface area contributed by atoms with Gasteiger partial charge in [-0.15, -0.1) is 5.10 Å². The second kappa shape index (κ2) is 6.66. The summed E-state index contributed by atoms with van der Waals surface area (Å²) >= 11 is 1.18. The zero-order valence-corrected chi connectivity index (χ0v) is 14.1. The van der Waals surface area contributed by atoms with E-state index in [1.54, 1.807) is 6.92 Å². The van der Waals surface area contributed by atoms with Crippen molar-refractivity contribution in [1.82, 2.24) is 15.2 Å². The average molecular weight is 340 g/mol. The standard InChI is InChI=1S/C15H18F2N4OS/c1-8(23-14-19-13(20-21-14)15(2,3)4)12(22)18-9-5-6-10(16)11(17)7-9/h5-8H,1-4H3,(H,18,22)(H,19,20,21). The molecule has 0 spiro atoms. The van der Waals surface area contributed by atoms with Crippen molar-refractivity contribution in [3.8, 4) is 0 Å². The van der Waals surface area contributed by atoms with E-state index in [2.05, 4.69) is 20.5 Å². The quantitative estimate of drug-likeness (QED) is 0.836. The zero-order chi connectivity index (χ0) is 17.2. The molecule has 0 radical (unpaired) electrons. The summed E-state index contributed by atoms with van der Waals surface area (Å²) in [6.07, 6.45) is 0. The van der Waals surface area contributed by atoms with Crippen molar-refractivity contribution in [1.29, 1.82) is 0 Å². The topological polar surface area (TPSA) is 70.7 Å². The number of hydrogen-bond acceptors (Lipinski definition) is 4. The lowest BCUT2D eigenvalue weighted by Crippen LogP contribution is -2.22.